The number of anilines is 1. The van der Waals surface area contributed by atoms with Gasteiger partial charge >= 0.3 is 11.9 Å². The third-order valence-corrected chi connectivity index (χ3v) is 6.89. The van der Waals surface area contributed by atoms with E-state index in [-0.39, 0.29) is 29.9 Å². The highest BCUT2D eigenvalue weighted by Crippen LogP contribution is 2.37. The Kier molecular flexibility index (Phi) is 12.7. The smallest absolute Gasteiger partial charge is 0.335 e. The topological polar surface area (TPSA) is 119 Å². The van der Waals surface area contributed by atoms with E-state index < -0.39 is 11.9 Å². The lowest BCUT2D eigenvalue weighted by atomic mass is 9.84. The summed E-state index contributed by atoms with van der Waals surface area (Å²) in [5.41, 5.74) is 5.13. The number of hydrogen-bond donors (Lipinski definition) is 4. The van der Waals surface area contributed by atoms with E-state index in [9.17, 15) is 14.7 Å². The van der Waals surface area contributed by atoms with Crippen molar-refractivity contribution in [2.24, 2.45) is 16.9 Å². The average molecular weight is 475 g/mol. The summed E-state index contributed by atoms with van der Waals surface area (Å²) >= 11 is 0. The van der Waals surface area contributed by atoms with Crippen LogP contribution in [0.15, 0.2) is 29.4 Å². The number of aromatic carboxylic acids is 1. The van der Waals surface area contributed by atoms with Crippen molar-refractivity contribution in [2.75, 3.05) is 5.43 Å². The Hall–Kier alpha value is -2.41. The molecule has 1 aliphatic carbocycles. The summed E-state index contributed by atoms with van der Waals surface area (Å²) in [6, 6.07) is 6.53. The highest BCUT2D eigenvalue weighted by molar-refractivity contribution is 5.90. The highest BCUT2D eigenvalue weighted by atomic mass is 16.4. The number of benzene rings is 1. The highest BCUT2D eigenvalue weighted by Gasteiger charge is 2.36. The maximum Gasteiger partial charge on any atom is 0.335 e. The molecule has 3 unspecified atom stereocenters. The van der Waals surface area contributed by atoms with Crippen LogP contribution in [-0.4, -0.2) is 39.1 Å². The van der Waals surface area contributed by atoms with Crippen LogP contribution in [-0.2, 0) is 4.79 Å². The van der Waals surface area contributed by atoms with E-state index in [2.05, 4.69) is 17.5 Å². The van der Waals surface area contributed by atoms with E-state index in [1.165, 1.54) is 25.7 Å². The van der Waals surface area contributed by atoms with Gasteiger partial charge in [-0.3, -0.25) is 10.2 Å². The van der Waals surface area contributed by atoms with Gasteiger partial charge in [0.1, 0.15) is 0 Å². The average Bonchev–Trinajstić information content (AvgIpc) is 3.22. The monoisotopic (exact) mass is 474 g/mol. The fraction of sp³-hybridized carbons (Fsp3) is 0.667. The minimum Gasteiger partial charge on any atom is -0.481 e. The van der Waals surface area contributed by atoms with Crippen LogP contribution in [0.3, 0.4) is 0 Å². The molecular weight excluding hydrogens is 432 g/mol. The lowest BCUT2D eigenvalue weighted by molar-refractivity contribution is -0.137. The van der Waals surface area contributed by atoms with Gasteiger partial charge in [0.25, 0.3) is 0 Å². The molecule has 0 radical (unpaired) electrons. The van der Waals surface area contributed by atoms with E-state index in [1.807, 2.05) is 0 Å². The standard InChI is InChI=1S/C27H42N2O5/c1-2-3-4-5-9-12-25(30)23-18-19-24(22(23)11-8-6-7-10-13-26(31)32)29-28-21-16-14-20(15-17-21)27(33)34/h14-17,22-23,25,28,30H,2-13,18-19H2,1H3,(H,31,32)(H,33,34). The summed E-state index contributed by atoms with van der Waals surface area (Å²) in [5.74, 6) is -1.27. The van der Waals surface area contributed by atoms with Gasteiger partial charge in [-0.15, -0.1) is 0 Å². The Morgan fingerprint density at radius 3 is 2.35 bits per heavy atom. The van der Waals surface area contributed by atoms with Crippen LogP contribution >= 0.6 is 0 Å². The summed E-state index contributed by atoms with van der Waals surface area (Å²) in [5, 5.41) is 33.5. The number of hydrazone groups is 1. The van der Waals surface area contributed by atoms with E-state index in [0.717, 1.165) is 62.8 Å². The SMILES string of the molecule is CCCCCCCC(O)C1CCC(=NNc2ccc(C(=O)O)cc2)C1CCCCCCC(=O)O. The molecule has 2 rings (SSSR count). The molecule has 0 saturated heterocycles. The van der Waals surface area contributed by atoms with Crippen LogP contribution < -0.4 is 5.43 Å². The van der Waals surface area contributed by atoms with E-state index in [1.54, 1.807) is 24.3 Å². The van der Waals surface area contributed by atoms with Crippen molar-refractivity contribution in [2.45, 2.75) is 103 Å². The second-order valence-corrected chi connectivity index (χ2v) is 9.52. The van der Waals surface area contributed by atoms with Crippen molar-refractivity contribution < 1.29 is 24.9 Å². The number of carbonyl (C=O) groups is 2. The van der Waals surface area contributed by atoms with Crippen LogP contribution in [0.25, 0.3) is 0 Å². The van der Waals surface area contributed by atoms with Crippen molar-refractivity contribution in [3.63, 3.8) is 0 Å². The van der Waals surface area contributed by atoms with E-state index >= 15 is 0 Å². The van der Waals surface area contributed by atoms with Crippen LogP contribution in [0.2, 0.25) is 0 Å². The van der Waals surface area contributed by atoms with Crippen molar-refractivity contribution in [3.05, 3.63) is 29.8 Å². The molecule has 0 aromatic heterocycles. The molecule has 1 aromatic carbocycles. The van der Waals surface area contributed by atoms with E-state index in [0.29, 0.717) is 6.42 Å². The minimum absolute atomic E-state index is 0.208. The first-order valence-electron chi connectivity index (χ1n) is 13.0. The predicted octanol–water partition coefficient (Wildman–Crippen LogP) is 6.33. The molecular formula is C27H42N2O5. The second kappa shape index (κ2) is 15.5. The van der Waals surface area contributed by atoms with Gasteiger partial charge in [-0.1, -0.05) is 58.3 Å². The summed E-state index contributed by atoms with van der Waals surface area (Å²) in [6.07, 6.45) is 13.0. The van der Waals surface area contributed by atoms with Crippen molar-refractivity contribution in [3.8, 4) is 0 Å². The number of aliphatic hydroxyl groups excluding tert-OH is 1. The molecule has 190 valence electrons. The maximum atomic E-state index is 11.0. The third-order valence-electron chi connectivity index (χ3n) is 6.89. The van der Waals surface area contributed by atoms with Gasteiger partial charge in [-0.2, -0.15) is 5.10 Å². The molecule has 0 amide bonds. The molecule has 0 bridgehead atoms. The lowest BCUT2D eigenvalue weighted by Gasteiger charge is -2.25. The molecule has 0 spiro atoms. The number of nitrogens with zero attached hydrogens (tertiary/aromatic N) is 1. The van der Waals surface area contributed by atoms with Crippen molar-refractivity contribution in [1.82, 2.24) is 0 Å². The Labute approximate surface area is 203 Å². The number of aliphatic hydroxyl groups is 1. The quantitative estimate of drug-likeness (QED) is 0.155. The predicted molar refractivity (Wildman–Crippen MR) is 135 cm³/mol. The van der Waals surface area contributed by atoms with Gasteiger partial charge in [-0.05, 0) is 62.3 Å². The Morgan fingerprint density at radius 1 is 1.00 bits per heavy atom. The zero-order valence-corrected chi connectivity index (χ0v) is 20.5. The molecule has 7 nitrogen and oxygen atoms in total. The number of rotatable bonds is 17. The summed E-state index contributed by atoms with van der Waals surface area (Å²) in [6.45, 7) is 2.20. The normalized spacial score (nSPS) is 19.9. The zero-order valence-electron chi connectivity index (χ0n) is 20.5. The van der Waals surface area contributed by atoms with Crippen LogP contribution in [0.1, 0.15) is 107 Å². The molecule has 1 aliphatic rings. The van der Waals surface area contributed by atoms with Gasteiger partial charge in [0, 0.05) is 18.1 Å². The van der Waals surface area contributed by atoms with E-state index in [4.69, 9.17) is 10.2 Å². The number of carboxylic acid groups (broad SMARTS) is 2. The van der Waals surface area contributed by atoms with Crippen LogP contribution in [0, 0.1) is 11.8 Å². The number of aliphatic carboxylic acids is 1. The van der Waals surface area contributed by atoms with Crippen molar-refractivity contribution in [1.29, 1.82) is 0 Å². The zero-order chi connectivity index (χ0) is 24.8. The Bertz CT molecular complexity index is 778. The number of carboxylic acids is 2. The molecule has 1 fully saturated rings. The number of unbranched alkanes of at least 4 members (excludes halogenated alkanes) is 7. The molecule has 7 heteroatoms. The minimum atomic E-state index is -0.955. The molecule has 1 saturated carbocycles. The Balaban J connectivity index is 1.95. The molecule has 0 aliphatic heterocycles. The van der Waals surface area contributed by atoms with Crippen LogP contribution in [0.4, 0.5) is 5.69 Å². The van der Waals surface area contributed by atoms with Gasteiger partial charge in [0.2, 0.25) is 0 Å². The van der Waals surface area contributed by atoms with Crippen molar-refractivity contribution >= 4 is 23.3 Å². The first-order valence-corrected chi connectivity index (χ1v) is 13.0. The molecule has 3 atom stereocenters. The molecule has 34 heavy (non-hydrogen) atoms. The maximum absolute atomic E-state index is 11.0. The molecule has 1 aromatic rings. The second-order valence-electron chi connectivity index (χ2n) is 9.52. The largest absolute Gasteiger partial charge is 0.481 e. The summed E-state index contributed by atoms with van der Waals surface area (Å²) in [4.78, 5) is 21.8. The lowest BCUT2D eigenvalue weighted by Crippen LogP contribution is -2.27. The third kappa shape index (κ3) is 9.84. The Morgan fingerprint density at radius 2 is 1.68 bits per heavy atom. The number of nitrogens with one attached hydrogen (secondary N) is 1. The fourth-order valence-electron chi connectivity index (χ4n) is 4.92. The number of hydrogen-bond acceptors (Lipinski definition) is 5. The van der Waals surface area contributed by atoms with Gasteiger partial charge in [-0.25, -0.2) is 4.79 Å². The summed E-state index contributed by atoms with van der Waals surface area (Å²) < 4.78 is 0. The van der Waals surface area contributed by atoms with Gasteiger partial charge in [0.15, 0.2) is 0 Å². The first-order chi connectivity index (χ1) is 16.4. The fourth-order valence-corrected chi connectivity index (χ4v) is 4.92. The van der Waals surface area contributed by atoms with Gasteiger partial charge in [0.05, 0.1) is 17.4 Å². The summed E-state index contributed by atoms with van der Waals surface area (Å²) in [7, 11) is 0. The molecule has 4 N–H and O–H groups in total. The van der Waals surface area contributed by atoms with Crippen LogP contribution in [0.5, 0.6) is 0 Å². The molecule has 0 heterocycles. The first kappa shape index (κ1) is 27.8. The van der Waals surface area contributed by atoms with Gasteiger partial charge < -0.3 is 15.3 Å².